The molecule has 0 saturated carbocycles. The van der Waals surface area contributed by atoms with E-state index < -0.39 is 0 Å². The Labute approximate surface area is 130 Å². The highest BCUT2D eigenvalue weighted by Gasteiger charge is 2.44. The molecule has 6 nitrogen and oxygen atoms in total. The number of nitrogens with zero attached hydrogens (tertiary/aromatic N) is 2. The second kappa shape index (κ2) is 7.07. The average Bonchev–Trinajstić information content (AvgIpc) is 3.12. The van der Waals surface area contributed by atoms with Gasteiger partial charge in [-0.25, -0.2) is 4.98 Å². The third-order valence-electron chi connectivity index (χ3n) is 4.43. The standard InChI is InChI=1S/C16H23N3O3/c1-2-21-11-16(20)19-8-13-12(10-22-14(13)9-19)7-18-15-5-3-4-6-17-15/h3-6,12-14H,2,7-11H2,1H3,(H,17,18)/t12-,13+,14+/m0/s1. The summed E-state index contributed by atoms with van der Waals surface area (Å²) >= 11 is 0. The van der Waals surface area contributed by atoms with Crippen LogP contribution in [0.2, 0.25) is 0 Å². The van der Waals surface area contributed by atoms with Gasteiger partial charge in [0.15, 0.2) is 0 Å². The normalized spacial score (nSPS) is 27.0. The maximum Gasteiger partial charge on any atom is 0.248 e. The molecule has 0 unspecified atom stereocenters. The number of ether oxygens (including phenoxy) is 2. The first-order valence-corrected chi connectivity index (χ1v) is 7.90. The van der Waals surface area contributed by atoms with Gasteiger partial charge in [-0.3, -0.25) is 4.79 Å². The predicted octanol–water partition coefficient (Wildman–Crippen LogP) is 1.00. The molecule has 0 bridgehead atoms. The molecule has 1 aromatic rings. The first-order valence-electron chi connectivity index (χ1n) is 7.90. The first-order chi connectivity index (χ1) is 10.8. The number of likely N-dealkylation sites (tertiary alicyclic amines) is 1. The lowest BCUT2D eigenvalue weighted by Crippen LogP contribution is -2.34. The van der Waals surface area contributed by atoms with E-state index in [4.69, 9.17) is 9.47 Å². The van der Waals surface area contributed by atoms with Crippen LogP contribution < -0.4 is 5.32 Å². The summed E-state index contributed by atoms with van der Waals surface area (Å²) in [5.74, 6) is 1.77. The van der Waals surface area contributed by atoms with E-state index in [1.165, 1.54) is 0 Å². The quantitative estimate of drug-likeness (QED) is 0.849. The van der Waals surface area contributed by atoms with Crippen LogP contribution in [0.4, 0.5) is 5.82 Å². The van der Waals surface area contributed by atoms with Crippen LogP contribution in [-0.2, 0) is 14.3 Å². The van der Waals surface area contributed by atoms with Gasteiger partial charge in [0, 0.05) is 44.3 Å². The Bertz CT molecular complexity index is 497. The second-order valence-electron chi connectivity index (χ2n) is 5.83. The minimum absolute atomic E-state index is 0.0660. The molecule has 1 amide bonds. The van der Waals surface area contributed by atoms with Crippen molar-refractivity contribution in [2.24, 2.45) is 11.8 Å². The third kappa shape index (κ3) is 3.39. The van der Waals surface area contributed by atoms with Gasteiger partial charge < -0.3 is 19.7 Å². The smallest absolute Gasteiger partial charge is 0.248 e. The van der Waals surface area contributed by atoms with Crippen molar-refractivity contribution in [3.63, 3.8) is 0 Å². The summed E-state index contributed by atoms with van der Waals surface area (Å²) in [5, 5.41) is 3.36. The molecule has 0 aromatic carbocycles. The maximum atomic E-state index is 12.0. The van der Waals surface area contributed by atoms with Gasteiger partial charge in [0.05, 0.1) is 12.7 Å². The number of amides is 1. The molecule has 0 spiro atoms. The molecule has 1 N–H and O–H groups in total. The lowest BCUT2D eigenvalue weighted by molar-refractivity contribution is -0.135. The minimum atomic E-state index is 0.0660. The monoisotopic (exact) mass is 305 g/mol. The van der Waals surface area contributed by atoms with Gasteiger partial charge >= 0.3 is 0 Å². The fourth-order valence-corrected chi connectivity index (χ4v) is 3.20. The van der Waals surface area contributed by atoms with E-state index in [1.807, 2.05) is 30.0 Å². The summed E-state index contributed by atoms with van der Waals surface area (Å²) in [5.41, 5.74) is 0. The minimum Gasteiger partial charge on any atom is -0.376 e. The fraction of sp³-hybridized carbons (Fsp3) is 0.625. The summed E-state index contributed by atoms with van der Waals surface area (Å²) in [6.45, 7) is 5.68. The molecule has 3 atom stereocenters. The van der Waals surface area contributed by atoms with Crippen molar-refractivity contribution in [3.05, 3.63) is 24.4 Å². The number of pyridine rings is 1. The highest BCUT2D eigenvalue weighted by Crippen LogP contribution is 2.33. The zero-order valence-electron chi connectivity index (χ0n) is 12.9. The molecule has 120 valence electrons. The third-order valence-corrected chi connectivity index (χ3v) is 4.43. The van der Waals surface area contributed by atoms with Gasteiger partial charge in [-0.15, -0.1) is 0 Å². The molecule has 2 aliphatic heterocycles. The van der Waals surface area contributed by atoms with Crippen molar-refractivity contribution in [2.45, 2.75) is 13.0 Å². The SMILES string of the molecule is CCOCC(=O)N1C[C@@H]2[C@@H](CNc3ccccn3)CO[C@@H]2C1. The van der Waals surface area contributed by atoms with E-state index >= 15 is 0 Å². The summed E-state index contributed by atoms with van der Waals surface area (Å²) in [6.07, 6.45) is 1.95. The van der Waals surface area contributed by atoms with E-state index in [-0.39, 0.29) is 18.6 Å². The van der Waals surface area contributed by atoms with Crippen LogP contribution in [0.15, 0.2) is 24.4 Å². The van der Waals surface area contributed by atoms with Crippen LogP contribution in [0.3, 0.4) is 0 Å². The molecule has 6 heteroatoms. The Morgan fingerprint density at radius 3 is 3.18 bits per heavy atom. The van der Waals surface area contributed by atoms with Gasteiger partial charge in [0.1, 0.15) is 12.4 Å². The average molecular weight is 305 g/mol. The summed E-state index contributed by atoms with van der Waals surface area (Å²) in [6, 6.07) is 5.82. The highest BCUT2D eigenvalue weighted by molar-refractivity contribution is 5.77. The lowest BCUT2D eigenvalue weighted by atomic mass is 9.93. The van der Waals surface area contributed by atoms with Crippen LogP contribution >= 0.6 is 0 Å². The van der Waals surface area contributed by atoms with Crippen LogP contribution in [-0.4, -0.2) is 61.3 Å². The number of aromatic nitrogens is 1. The van der Waals surface area contributed by atoms with Gasteiger partial charge in [-0.05, 0) is 19.1 Å². The number of hydrogen-bond acceptors (Lipinski definition) is 5. The Morgan fingerprint density at radius 2 is 2.41 bits per heavy atom. The van der Waals surface area contributed by atoms with Gasteiger partial charge in [0.25, 0.3) is 0 Å². The fourth-order valence-electron chi connectivity index (χ4n) is 3.20. The first kappa shape index (κ1) is 15.2. The molecule has 2 aliphatic rings. The number of anilines is 1. The van der Waals surface area contributed by atoms with Crippen molar-refractivity contribution < 1.29 is 14.3 Å². The van der Waals surface area contributed by atoms with Gasteiger partial charge in [-0.2, -0.15) is 0 Å². The summed E-state index contributed by atoms with van der Waals surface area (Å²) in [7, 11) is 0. The Kier molecular flexibility index (Phi) is 4.90. The molecule has 0 aliphatic carbocycles. The molecule has 2 fully saturated rings. The van der Waals surface area contributed by atoms with E-state index in [2.05, 4.69) is 10.3 Å². The zero-order chi connectivity index (χ0) is 15.4. The molecule has 3 heterocycles. The van der Waals surface area contributed by atoms with Crippen LogP contribution in [0.5, 0.6) is 0 Å². The number of nitrogens with one attached hydrogen (secondary N) is 1. The maximum absolute atomic E-state index is 12.0. The zero-order valence-corrected chi connectivity index (χ0v) is 12.9. The molecular weight excluding hydrogens is 282 g/mol. The number of hydrogen-bond donors (Lipinski definition) is 1. The van der Waals surface area contributed by atoms with E-state index in [9.17, 15) is 4.79 Å². The molecule has 1 aromatic heterocycles. The van der Waals surface area contributed by atoms with Gasteiger partial charge in [0.2, 0.25) is 5.91 Å². The van der Waals surface area contributed by atoms with Crippen molar-refractivity contribution in [1.29, 1.82) is 0 Å². The topological polar surface area (TPSA) is 63.7 Å². The molecular formula is C16H23N3O3. The van der Waals surface area contributed by atoms with Crippen molar-refractivity contribution in [1.82, 2.24) is 9.88 Å². The largest absolute Gasteiger partial charge is 0.376 e. The molecule has 22 heavy (non-hydrogen) atoms. The summed E-state index contributed by atoms with van der Waals surface area (Å²) < 4.78 is 11.1. The van der Waals surface area contributed by atoms with Crippen LogP contribution in [0.1, 0.15) is 6.92 Å². The number of carbonyl (C=O) groups is 1. The van der Waals surface area contributed by atoms with E-state index in [0.29, 0.717) is 25.0 Å². The Hall–Kier alpha value is -1.66. The predicted molar refractivity (Wildman–Crippen MR) is 82.5 cm³/mol. The lowest BCUT2D eigenvalue weighted by Gasteiger charge is -2.20. The highest BCUT2D eigenvalue weighted by atomic mass is 16.5. The molecule has 0 radical (unpaired) electrons. The number of fused-ring (bicyclic) bond motifs is 1. The van der Waals surface area contributed by atoms with Crippen LogP contribution in [0, 0.1) is 11.8 Å². The second-order valence-corrected chi connectivity index (χ2v) is 5.83. The van der Waals surface area contributed by atoms with E-state index in [1.54, 1.807) is 6.20 Å². The Morgan fingerprint density at radius 1 is 1.50 bits per heavy atom. The number of carbonyl (C=O) groups excluding carboxylic acids is 1. The molecule has 2 saturated heterocycles. The van der Waals surface area contributed by atoms with Crippen molar-refractivity contribution >= 4 is 11.7 Å². The molecule has 3 rings (SSSR count). The van der Waals surface area contributed by atoms with Crippen molar-refractivity contribution in [2.75, 3.05) is 44.8 Å². The van der Waals surface area contributed by atoms with Crippen LogP contribution in [0.25, 0.3) is 0 Å². The van der Waals surface area contributed by atoms with Crippen molar-refractivity contribution in [3.8, 4) is 0 Å². The summed E-state index contributed by atoms with van der Waals surface area (Å²) in [4.78, 5) is 18.2. The van der Waals surface area contributed by atoms with Gasteiger partial charge in [-0.1, -0.05) is 6.07 Å². The van der Waals surface area contributed by atoms with E-state index in [0.717, 1.165) is 25.5 Å². The number of rotatable bonds is 6. The Balaban J connectivity index is 1.51.